The lowest BCUT2D eigenvalue weighted by Crippen LogP contribution is -2.08. The molecule has 0 aliphatic rings. The quantitative estimate of drug-likeness (QED) is 0.635. The Kier molecular flexibility index (Phi) is 4.28. The highest BCUT2D eigenvalue weighted by Gasteiger charge is 2.11. The molecule has 0 spiro atoms. The van der Waals surface area contributed by atoms with Crippen molar-refractivity contribution in [2.45, 2.75) is 20.3 Å². The Morgan fingerprint density at radius 2 is 2.20 bits per heavy atom. The standard InChI is InChI=1S/C12H12INO/c1-8(2)12(15)10-3-4-11(13)9(7-10)5-6-14/h3-4,7-8H,5H2,1-2H3. The largest absolute Gasteiger partial charge is 0.294 e. The molecule has 0 aliphatic carbocycles. The summed E-state index contributed by atoms with van der Waals surface area (Å²) in [5, 5.41) is 8.64. The Balaban J connectivity index is 3.08. The van der Waals surface area contributed by atoms with E-state index < -0.39 is 0 Å². The van der Waals surface area contributed by atoms with E-state index >= 15 is 0 Å². The first-order valence-corrected chi connectivity index (χ1v) is 5.83. The summed E-state index contributed by atoms with van der Waals surface area (Å²) in [6, 6.07) is 7.65. The number of nitriles is 1. The molecular formula is C12H12INO. The van der Waals surface area contributed by atoms with Crippen LogP contribution >= 0.6 is 22.6 Å². The maximum absolute atomic E-state index is 11.7. The second-order valence-corrected chi connectivity index (χ2v) is 4.82. The van der Waals surface area contributed by atoms with Crippen LogP contribution in [0.2, 0.25) is 0 Å². The van der Waals surface area contributed by atoms with E-state index in [1.807, 2.05) is 32.0 Å². The minimum Gasteiger partial charge on any atom is -0.294 e. The van der Waals surface area contributed by atoms with Gasteiger partial charge in [0, 0.05) is 15.1 Å². The van der Waals surface area contributed by atoms with E-state index in [4.69, 9.17) is 5.26 Å². The van der Waals surface area contributed by atoms with Gasteiger partial charge in [-0.2, -0.15) is 5.26 Å². The number of Topliss-reactive ketones (excluding diaryl/α,β-unsaturated/α-hetero) is 1. The van der Waals surface area contributed by atoms with Gasteiger partial charge in [-0.3, -0.25) is 4.79 Å². The molecule has 0 aromatic heterocycles. The number of carbonyl (C=O) groups excluding carboxylic acids is 1. The Labute approximate surface area is 103 Å². The molecule has 3 heteroatoms. The molecule has 0 amide bonds. The molecule has 0 saturated carbocycles. The van der Waals surface area contributed by atoms with Crippen LogP contribution in [0.1, 0.15) is 29.8 Å². The van der Waals surface area contributed by atoms with Crippen molar-refractivity contribution in [3.05, 3.63) is 32.9 Å². The van der Waals surface area contributed by atoms with Crippen molar-refractivity contribution >= 4 is 28.4 Å². The second kappa shape index (κ2) is 5.26. The molecule has 0 bridgehead atoms. The maximum atomic E-state index is 11.7. The number of ketones is 1. The Morgan fingerprint density at radius 3 is 2.73 bits per heavy atom. The zero-order valence-electron chi connectivity index (χ0n) is 8.75. The molecule has 1 rings (SSSR count). The van der Waals surface area contributed by atoms with E-state index in [-0.39, 0.29) is 11.7 Å². The van der Waals surface area contributed by atoms with Crippen molar-refractivity contribution in [3.8, 4) is 6.07 Å². The number of benzene rings is 1. The normalized spacial score (nSPS) is 10.1. The molecule has 0 N–H and O–H groups in total. The SMILES string of the molecule is CC(C)C(=O)c1ccc(I)c(CC#N)c1. The molecule has 1 aromatic carbocycles. The smallest absolute Gasteiger partial charge is 0.165 e. The number of rotatable bonds is 3. The summed E-state index contributed by atoms with van der Waals surface area (Å²) in [5.74, 6) is 0.130. The highest BCUT2D eigenvalue weighted by atomic mass is 127. The molecule has 15 heavy (non-hydrogen) atoms. The third-order valence-electron chi connectivity index (χ3n) is 2.12. The summed E-state index contributed by atoms with van der Waals surface area (Å²) in [7, 11) is 0. The zero-order chi connectivity index (χ0) is 11.4. The summed E-state index contributed by atoms with van der Waals surface area (Å²) in [5.41, 5.74) is 1.64. The van der Waals surface area contributed by atoms with Gasteiger partial charge in [-0.25, -0.2) is 0 Å². The van der Waals surface area contributed by atoms with Crippen LogP contribution in [0.15, 0.2) is 18.2 Å². The van der Waals surface area contributed by atoms with Crippen LogP contribution in [0, 0.1) is 20.8 Å². The van der Waals surface area contributed by atoms with E-state index in [2.05, 4.69) is 28.7 Å². The molecule has 0 atom stereocenters. The monoisotopic (exact) mass is 313 g/mol. The van der Waals surface area contributed by atoms with Gasteiger partial charge in [-0.1, -0.05) is 19.9 Å². The van der Waals surface area contributed by atoms with Crippen molar-refractivity contribution in [1.82, 2.24) is 0 Å². The van der Waals surface area contributed by atoms with Crippen molar-refractivity contribution < 1.29 is 4.79 Å². The van der Waals surface area contributed by atoms with Gasteiger partial charge < -0.3 is 0 Å². The lowest BCUT2D eigenvalue weighted by atomic mass is 9.99. The third kappa shape index (κ3) is 3.03. The number of halogens is 1. The fourth-order valence-electron chi connectivity index (χ4n) is 1.28. The van der Waals surface area contributed by atoms with E-state index in [0.717, 1.165) is 9.13 Å². The molecule has 0 heterocycles. The van der Waals surface area contributed by atoms with Crippen LogP contribution in [0.4, 0.5) is 0 Å². The van der Waals surface area contributed by atoms with Crippen LogP contribution in [0.5, 0.6) is 0 Å². The number of carbonyl (C=O) groups is 1. The maximum Gasteiger partial charge on any atom is 0.165 e. The van der Waals surface area contributed by atoms with Crippen LogP contribution in [-0.2, 0) is 6.42 Å². The summed E-state index contributed by atoms with van der Waals surface area (Å²) in [6.07, 6.45) is 0.359. The van der Waals surface area contributed by atoms with E-state index in [0.29, 0.717) is 12.0 Å². The fraction of sp³-hybridized carbons (Fsp3) is 0.333. The molecule has 0 aliphatic heterocycles. The number of hydrogen-bond donors (Lipinski definition) is 0. The van der Waals surface area contributed by atoms with E-state index in [1.165, 1.54) is 0 Å². The predicted molar refractivity (Wildman–Crippen MR) is 67.6 cm³/mol. The minimum atomic E-state index is -0.00000283. The van der Waals surface area contributed by atoms with Crippen molar-refractivity contribution in [3.63, 3.8) is 0 Å². The van der Waals surface area contributed by atoms with Gasteiger partial charge in [0.05, 0.1) is 12.5 Å². The first kappa shape index (κ1) is 12.2. The topological polar surface area (TPSA) is 40.9 Å². The third-order valence-corrected chi connectivity index (χ3v) is 3.18. The summed E-state index contributed by atoms with van der Waals surface area (Å²) < 4.78 is 1.04. The van der Waals surface area contributed by atoms with Crippen LogP contribution in [0.25, 0.3) is 0 Å². The summed E-state index contributed by atoms with van der Waals surface area (Å²) >= 11 is 2.18. The highest BCUT2D eigenvalue weighted by Crippen LogP contribution is 2.17. The lowest BCUT2D eigenvalue weighted by molar-refractivity contribution is 0.0939. The molecule has 0 saturated heterocycles. The molecule has 0 fully saturated rings. The lowest BCUT2D eigenvalue weighted by Gasteiger charge is -2.06. The van der Waals surface area contributed by atoms with E-state index in [1.54, 1.807) is 0 Å². The van der Waals surface area contributed by atoms with Gasteiger partial charge in [0.25, 0.3) is 0 Å². The van der Waals surface area contributed by atoms with Gasteiger partial charge in [0.15, 0.2) is 5.78 Å². The molecule has 0 radical (unpaired) electrons. The molecule has 78 valence electrons. The highest BCUT2D eigenvalue weighted by molar-refractivity contribution is 14.1. The van der Waals surface area contributed by atoms with Gasteiger partial charge in [0.2, 0.25) is 0 Å². The van der Waals surface area contributed by atoms with Crippen molar-refractivity contribution in [1.29, 1.82) is 5.26 Å². The number of nitrogens with zero attached hydrogens (tertiary/aromatic N) is 1. The van der Waals surface area contributed by atoms with Gasteiger partial charge in [0.1, 0.15) is 0 Å². The van der Waals surface area contributed by atoms with Gasteiger partial charge >= 0.3 is 0 Å². The predicted octanol–water partition coefficient (Wildman–Crippen LogP) is 3.20. The first-order valence-electron chi connectivity index (χ1n) is 4.76. The molecular weight excluding hydrogens is 301 g/mol. The zero-order valence-corrected chi connectivity index (χ0v) is 10.9. The molecule has 1 aromatic rings. The summed E-state index contributed by atoms with van der Waals surface area (Å²) in [4.78, 5) is 11.7. The summed E-state index contributed by atoms with van der Waals surface area (Å²) in [6.45, 7) is 3.76. The Morgan fingerprint density at radius 1 is 1.53 bits per heavy atom. The van der Waals surface area contributed by atoms with Gasteiger partial charge in [-0.15, -0.1) is 0 Å². The second-order valence-electron chi connectivity index (χ2n) is 3.66. The average Bonchev–Trinajstić information content (AvgIpc) is 2.20. The van der Waals surface area contributed by atoms with Gasteiger partial charge in [-0.05, 0) is 40.3 Å². The van der Waals surface area contributed by atoms with Crippen LogP contribution in [-0.4, -0.2) is 5.78 Å². The minimum absolute atomic E-state index is 0.00000283. The van der Waals surface area contributed by atoms with Crippen LogP contribution in [0.3, 0.4) is 0 Å². The Bertz CT molecular complexity index is 418. The van der Waals surface area contributed by atoms with Crippen molar-refractivity contribution in [2.24, 2.45) is 5.92 Å². The average molecular weight is 313 g/mol. The van der Waals surface area contributed by atoms with Crippen molar-refractivity contribution in [2.75, 3.05) is 0 Å². The number of hydrogen-bond acceptors (Lipinski definition) is 2. The fourth-order valence-corrected chi connectivity index (χ4v) is 1.81. The van der Waals surface area contributed by atoms with E-state index in [9.17, 15) is 4.79 Å². The molecule has 2 nitrogen and oxygen atoms in total. The Hall–Kier alpha value is -0.890. The molecule has 0 unspecified atom stereocenters. The van der Waals surface area contributed by atoms with Crippen LogP contribution < -0.4 is 0 Å². The first-order chi connectivity index (χ1) is 7.06.